The average molecular weight is 454 g/mol. The van der Waals surface area contributed by atoms with Gasteiger partial charge in [-0.15, -0.1) is 10.2 Å². The Labute approximate surface area is 193 Å². The Morgan fingerprint density at radius 1 is 1.00 bits per heavy atom. The van der Waals surface area contributed by atoms with E-state index in [1.807, 2.05) is 59.9 Å². The lowest BCUT2D eigenvalue weighted by atomic mass is 10.2. The quantitative estimate of drug-likeness (QED) is 0.280. The van der Waals surface area contributed by atoms with Gasteiger partial charge in [-0.1, -0.05) is 41.6 Å². The highest BCUT2D eigenvalue weighted by Crippen LogP contribution is 2.23. The Kier molecular flexibility index (Phi) is 5.55. The lowest BCUT2D eigenvalue weighted by Crippen LogP contribution is -2.21. The zero-order valence-electron chi connectivity index (χ0n) is 17.8. The molecule has 0 radical (unpaired) electrons. The van der Waals surface area contributed by atoms with Crippen LogP contribution in [0.25, 0.3) is 22.4 Å². The van der Waals surface area contributed by atoms with Crippen LogP contribution in [-0.4, -0.2) is 31.5 Å². The van der Waals surface area contributed by atoms with E-state index in [-0.39, 0.29) is 5.56 Å². The number of aromatic nitrogens is 4. The summed E-state index contributed by atoms with van der Waals surface area (Å²) in [5.41, 5.74) is 3.09. The highest BCUT2D eigenvalue weighted by Gasteiger charge is 2.17. The largest absolute Gasteiger partial charge is 0.493 e. The number of hydrogen-bond acceptors (Lipinski definition) is 6. The standard InChI is InChI=1S/C25H19N5O2S/c1-17-6-10-19(11-7-17)29-23(31)21-4-2-3-5-22(21)30-24(29)27-28-25(30)33-15-14-32-20-12-8-18(16-26)9-13-20/h2-13H,14-15H2,1H3. The summed E-state index contributed by atoms with van der Waals surface area (Å²) in [6, 6.07) is 24.4. The highest BCUT2D eigenvalue weighted by atomic mass is 32.2. The number of nitrogens with zero attached hydrogens (tertiary/aromatic N) is 5. The minimum absolute atomic E-state index is 0.130. The van der Waals surface area contributed by atoms with Gasteiger partial charge in [0.15, 0.2) is 5.16 Å². The SMILES string of the molecule is Cc1ccc(-n2c(=O)c3ccccc3n3c(SCCOc4ccc(C#N)cc4)nnc23)cc1. The van der Waals surface area contributed by atoms with Crippen molar-refractivity contribution in [3.63, 3.8) is 0 Å². The number of fused-ring (bicyclic) bond motifs is 3. The molecule has 0 atom stereocenters. The molecular formula is C25H19N5O2S. The van der Waals surface area contributed by atoms with Crippen LogP contribution in [-0.2, 0) is 0 Å². The molecule has 0 amide bonds. The Morgan fingerprint density at radius 2 is 1.76 bits per heavy atom. The minimum Gasteiger partial charge on any atom is -0.493 e. The molecule has 162 valence electrons. The molecule has 0 aliphatic heterocycles. The first-order valence-electron chi connectivity index (χ1n) is 10.4. The molecule has 0 aliphatic carbocycles. The van der Waals surface area contributed by atoms with Gasteiger partial charge in [-0.2, -0.15) is 5.26 Å². The van der Waals surface area contributed by atoms with E-state index >= 15 is 0 Å². The molecule has 0 spiro atoms. The van der Waals surface area contributed by atoms with E-state index in [2.05, 4.69) is 16.3 Å². The second-order valence-electron chi connectivity index (χ2n) is 7.44. The summed E-state index contributed by atoms with van der Waals surface area (Å²) in [4.78, 5) is 13.3. The number of thioether (sulfide) groups is 1. The molecule has 8 heteroatoms. The van der Waals surface area contributed by atoms with Crippen LogP contribution >= 0.6 is 11.8 Å². The van der Waals surface area contributed by atoms with Crippen LogP contribution in [0.1, 0.15) is 11.1 Å². The molecule has 0 saturated heterocycles. The third-order valence-corrected chi connectivity index (χ3v) is 6.15. The molecule has 2 heterocycles. The van der Waals surface area contributed by atoms with Crippen LogP contribution in [0.5, 0.6) is 5.75 Å². The molecule has 5 rings (SSSR count). The highest BCUT2D eigenvalue weighted by molar-refractivity contribution is 7.99. The van der Waals surface area contributed by atoms with Crippen LogP contribution in [0.15, 0.2) is 82.7 Å². The van der Waals surface area contributed by atoms with E-state index in [1.54, 1.807) is 28.8 Å². The second-order valence-corrected chi connectivity index (χ2v) is 8.51. The molecule has 33 heavy (non-hydrogen) atoms. The van der Waals surface area contributed by atoms with Gasteiger partial charge in [-0.3, -0.25) is 9.20 Å². The molecule has 2 aromatic heterocycles. The first kappa shape index (κ1) is 20.8. The van der Waals surface area contributed by atoms with E-state index in [0.29, 0.717) is 40.0 Å². The molecule has 0 aliphatic rings. The number of para-hydroxylation sites is 1. The van der Waals surface area contributed by atoms with Crippen molar-refractivity contribution in [2.24, 2.45) is 0 Å². The number of benzene rings is 3. The first-order chi connectivity index (χ1) is 16.2. The van der Waals surface area contributed by atoms with E-state index in [9.17, 15) is 4.79 Å². The summed E-state index contributed by atoms with van der Waals surface area (Å²) in [7, 11) is 0. The van der Waals surface area contributed by atoms with Crippen LogP contribution in [0, 0.1) is 18.3 Å². The monoisotopic (exact) mass is 453 g/mol. The van der Waals surface area contributed by atoms with E-state index < -0.39 is 0 Å². The normalized spacial score (nSPS) is 11.0. The van der Waals surface area contributed by atoms with Gasteiger partial charge in [-0.25, -0.2) is 4.57 Å². The van der Waals surface area contributed by atoms with Gasteiger partial charge >= 0.3 is 0 Å². The molecule has 3 aromatic carbocycles. The third kappa shape index (κ3) is 3.95. The van der Waals surface area contributed by atoms with Crippen LogP contribution in [0.3, 0.4) is 0 Å². The number of rotatable bonds is 6. The topological polar surface area (TPSA) is 85.2 Å². The molecule has 7 nitrogen and oxygen atoms in total. The summed E-state index contributed by atoms with van der Waals surface area (Å²) < 4.78 is 9.31. The average Bonchev–Trinajstić information content (AvgIpc) is 3.27. The van der Waals surface area contributed by atoms with Crippen molar-refractivity contribution >= 4 is 28.4 Å². The molecule has 0 N–H and O–H groups in total. The molecule has 0 unspecified atom stereocenters. The predicted molar refractivity (Wildman–Crippen MR) is 128 cm³/mol. The van der Waals surface area contributed by atoms with Gasteiger partial charge in [0.25, 0.3) is 5.56 Å². The minimum atomic E-state index is -0.130. The zero-order chi connectivity index (χ0) is 22.8. The van der Waals surface area contributed by atoms with Crippen molar-refractivity contribution in [1.29, 1.82) is 5.26 Å². The number of ether oxygens (including phenoxy) is 1. The Balaban J connectivity index is 1.48. The summed E-state index contributed by atoms with van der Waals surface area (Å²) in [5.74, 6) is 1.82. The summed E-state index contributed by atoms with van der Waals surface area (Å²) in [5, 5.41) is 18.9. The molecular weight excluding hydrogens is 434 g/mol. The first-order valence-corrected chi connectivity index (χ1v) is 11.4. The maximum Gasteiger partial charge on any atom is 0.267 e. The van der Waals surface area contributed by atoms with Crippen LogP contribution in [0.2, 0.25) is 0 Å². The maximum absolute atomic E-state index is 13.3. The van der Waals surface area contributed by atoms with E-state index in [1.165, 1.54) is 11.8 Å². The van der Waals surface area contributed by atoms with Crippen molar-refractivity contribution in [2.45, 2.75) is 12.1 Å². The fourth-order valence-electron chi connectivity index (χ4n) is 3.62. The zero-order valence-corrected chi connectivity index (χ0v) is 18.6. The molecule has 5 aromatic rings. The van der Waals surface area contributed by atoms with Gasteiger partial charge in [0.1, 0.15) is 5.75 Å². The maximum atomic E-state index is 13.3. The fraction of sp³-hybridized carbons (Fsp3) is 0.120. The molecule has 0 fully saturated rings. The van der Waals surface area contributed by atoms with E-state index in [0.717, 1.165) is 16.8 Å². The van der Waals surface area contributed by atoms with Crippen molar-refractivity contribution in [3.8, 4) is 17.5 Å². The molecule has 0 saturated carbocycles. The predicted octanol–water partition coefficient (Wildman–Crippen LogP) is 4.38. The van der Waals surface area contributed by atoms with Gasteiger partial charge in [0.05, 0.1) is 34.8 Å². The van der Waals surface area contributed by atoms with Crippen LogP contribution < -0.4 is 10.3 Å². The lowest BCUT2D eigenvalue weighted by Gasteiger charge is -2.11. The van der Waals surface area contributed by atoms with Crippen molar-refractivity contribution in [1.82, 2.24) is 19.2 Å². The fourth-order valence-corrected chi connectivity index (χ4v) is 4.37. The lowest BCUT2D eigenvalue weighted by molar-refractivity contribution is 0.344. The Bertz CT molecular complexity index is 1550. The van der Waals surface area contributed by atoms with Gasteiger partial charge in [0.2, 0.25) is 5.78 Å². The Hall–Kier alpha value is -4.09. The number of hydrogen-bond donors (Lipinski definition) is 0. The van der Waals surface area contributed by atoms with Gasteiger partial charge < -0.3 is 4.74 Å². The van der Waals surface area contributed by atoms with Crippen molar-refractivity contribution < 1.29 is 4.74 Å². The summed E-state index contributed by atoms with van der Waals surface area (Å²) in [6.45, 7) is 2.47. The molecule has 0 bridgehead atoms. The Morgan fingerprint density at radius 3 is 2.52 bits per heavy atom. The summed E-state index contributed by atoms with van der Waals surface area (Å²) in [6.07, 6.45) is 0. The van der Waals surface area contributed by atoms with Gasteiger partial charge in [0, 0.05) is 5.75 Å². The van der Waals surface area contributed by atoms with E-state index in [4.69, 9.17) is 10.00 Å². The number of nitriles is 1. The smallest absolute Gasteiger partial charge is 0.267 e. The van der Waals surface area contributed by atoms with Crippen molar-refractivity contribution in [3.05, 3.63) is 94.3 Å². The number of aryl methyl sites for hydroxylation is 1. The van der Waals surface area contributed by atoms with Crippen LogP contribution in [0.4, 0.5) is 0 Å². The van der Waals surface area contributed by atoms with Gasteiger partial charge in [-0.05, 0) is 55.5 Å². The summed E-state index contributed by atoms with van der Waals surface area (Å²) >= 11 is 1.51. The van der Waals surface area contributed by atoms with Crippen molar-refractivity contribution in [2.75, 3.05) is 12.4 Å². The second kappa shape index (κ2) is 8.81. The third-order valence-electron chi connectivity index (χ3n) is 5.25.